The number of aliphatic carboxylic acids is 1. The first-order chi connectivity index (χ1) is 10.1. The molecule has 108 valence electrons. The zero-order valence-electron chi connectivity index (χ0n) is 11.3. The SMILES string of the molecule is COC1=CC=CC2OC(C(O)C(=O)O)=c3ccccc3=C12. The van der Waals surface area contributed by atoms with Crippen LogP contribution in [-0.2, 0) is 14.3 Å². The fraction of sp³-hybridized carbons (Fsp3) is 0.188. The van der Waals surface area contributed by atoms with E-state index in [0.717, 1.165) is 10.8 Å². The van der Waals surface area contributed by atoms with Crippen molar-refractivity contribution in [2.45, 2.75) is 12.2 Å². The van der Waals surface area contributed by atoms with Crippen LogP contribution in [0.4, 0.5) is 0 Å². The minimum Gasteiger partial charge on any atom is -0.496 e. The van der Waals surface area contributed by atoms with Crippen molar-refractivity contribution in [2.24, 2.45) is 0 Å². The number of ether oxygens (including phenoxy) is 2. The van der Waals surface area contributed by atoms with E-state index in [9.17, 15) is 9.90 Å². The van der Waals surface area contributed by atoms with E-state index >= 15 is 0 Å². The number of hydrogen-bond acceptors (Lipinski definition) is 4. The standard InChI is InChI=1S/C16H14O5/c1-20-11-7-4-8-12-13(11)9-5-2-3-6-10(9)15(21-12)14(17)16(18)19/h2-8,12,14,17H,1H3,(H,18,19). The van der Waals surface area contributed by atoms with Gasteiger partial charge >= 0.3 is 5.97 Å². The van der Waals surface area contributed by atoms with Gasteiger partial charge in [-0.2, -0.15) is 0 Å². The summed E-state index contributed by atoms with van der Waals surface area (Å²) in [6.07, 6.45) is 3.24. The molecule has 0 fully saturated rings. The molecule has 0 amide bonds. The van der Waals surface area contributed by atoms with E-state index in [1.807, 2.05) is 18.2 Å². The monoisotopic (exact) mass is 286 g/mol. The molecule has 21 heavy (non-hydrogen) atoms. The van der Waals surface area contributed by atoms with Crippen LogP contribution in [-0.4, -0.2) is 35.5 Å². The van der Waals surface area contributed by atoms with Crippen LogP contribution in [0.3, 0.4) is 0 Å². The van der Waals surface area contributed by atoms with Crippen LogP contribution in [0.1, 0.15) is 0 Å². The Morgan fingerprint density at radius 1 is 1.33 bits per heavy atom. The summed E-state index contributed by atoms with van der Waals surface area (Å²) in [7, 11) is 1.57. The predicted octanol–water partition coefficient (Wildman–Crippen LogP) is -0.110. The van der Waals surface area contributed by atoms with E-state index in [-0.39, 0.29) is 5.76 Å². The number of carboxylic acids is 1. The molecule has 0 spiro atoms. The minimum atomic E-state index is -1.70. The Labute approximate surface area is 120 Å². The van der Waals surface area contributed by atoms with Crippen molar-refractivity contribution in [3.05, 3.63) is 58.7 Å². The van der Waals surface area contributed by atoms with E-state index in [2.05, 4.69) is 0 Å². The highest BCUT2D eigenvalue weighted by molar-refractivity contribution is 5.84. The van der Waals surface area contributed by atoms with E-state index in [1.165, 1.54) is 0 Å². The molecule has 2 aliphatic rings. The van der Waals surface area contributed by atoms with E-state index in [0.29, 0.717) is 11.0 Å². The number of allylic oxidation sites excluding steroid dienone is 2. The van der Waals surface area contributed by atoms with Gasteiger partial charge in [0.25, 0.3) is 0 Å². The largest absolute Gasteiger partial charge is 0.496 e. The second kappa shape index (κ2) is 5.10. The Balaban J connectivity index is 2.36. The maximum absolute atomic E-state index is 11.1. The van der Waals surface area contributed by atoms with Crippen molar-refractivity contribution in [3.8, 4) is 0 Å². The predicted molar refractivity (Wildman–Crippen MR) is 75.3 cm³/mol. The van der Waals surface area contributed by atoms with Crippen molar-refractivity contribution >= 4 is 17.3 Å². The summed E-state index contributed by atoms with van der Waals surface area (Å²) in [5.74, 6) is -0.627. The van der Waals surface area contributed by atoms with Gasteiger partial charge in [0.2, 0.25) is 6.10 Å². The van der Waals surface area contributed by atoms with Gasteiger partial charge in [-0.25, -0.2) is 4.79 Å². The lowest BCUT2D eigenvalue weighted by Gasteiger charge is -2.28. The molecule has 1 aliphatic carbocycles. The summed E-state index contributed by atoms with van der Waals surface area (Å²) in [5, 5.41) is 20.3. The van der Waals surface area contributed by atoms with E-state index < -0.39 is 18.2 Å². The number of rotatable bonds is 3. The summed E-state index contributed by atoms with van der Waals surface area (Å²) in [6.45, 7) is 0. The number of hydrogen-bond donors (Lipinski definition) is 2. The van der Waals surface area contributed by atoms with Gasteiger partial charge in [0.15, 0.2) is 0 Å². The smallest absolute Gasteiger partial charge is 0.340 e. The second-order valence-corrected chi connectivity index (χ2v) is 4.72. The third-order valence-electron chi connectivity index (χ3n) is 3.52. The number of carbonyl (C=O) groups is 1. The number of aliphatic hydroxyl groups excluding tert-OH is 1. The molecule has 0 saturated heterocycles. The van der Waals surface area contributed by atoms with Crippen molar-refractivity contribution in [2.75, 3.05) is 7.11 Å². The Morgan fingerprint density at radius 3 is 2.71 bits per heavy atom. The summed E-state index contributed by atoms with van der Waals surface area (Å²) >= 11 is 0. The van der Waals surface area contributed by atoms with Gasteiger partial charge in [-0.05, 0) is 17.4 Å². The van der Waals surface area contributed by atoms with Crippen molar-refractivity contribution in [3.63, 3.8) is 0 Å². The Hall–Kier alpha value is -2.53. The first kappa shape index (κ1) is 13.5. The first-order valence-corrected chi connectivity index (χ1v) is 6.47. The molecule has 1 heterocycles. The Bertz CT molecular complexity index is 772. The van der Waals surface area contributed by atoms with Crippen LogP contribution >= 0.6 is 0 Å². The van der Waals surface area contributed by atoms with Crippen LogP contribution < -0.4 is 10.4 Å². The molecule has 5 heteroatoms. The summed E-state index contributed by atoms with van der Waals surface area (Å²) in [4.78, 5) is 11.1. The average Bonchev–Trinajstić information content (AvgIpc) is 2.52. The molecule has 2 atom stereocenters. The zero-order valence-corrected chi connectivity index (χ0v) is 11.3. The molecule has 1 aliphatic heterocycles. The lowest BCUT2D eigenvalue weighted by atomic mass is 9.95. The normalized spacial score (nSPS) is 20.9. The molecule has 2 N–H and O–H groups in total. The molecule has 2 unspecified atom stereocenters. The molecule has 5 nitrogen and oxygen atoms in total. The number of carboxylic acid groups (broad SMARTS) is 1. The van der Waals surface area contributed by atoms with Crippen molar-refractivity contribution in [1.82, 2.24) is 0 Å². The van der Waals surface area contributed by atoms with Crippen LogP contribution in [0.25, 0.3) is 11.3 Å². The lowest BCUT2D eigenvalue weighted by molar-refractivity contribution is -0.144. The van der Waals surface area contributed by atoms with E-state index in [4.69, 9.17) is 14.6 Å². The fourth-order valence-electron chi connectivity index (χ4n) is 2.59. The number of aliphatic hydroxyl groups is 1. The second-order valence-electron chi connectivity index (χ2n) is 4.72. The molecule has 1 aromatic carbocycles. The quantitative estimate of drug-likeness (QED) is 0.811. The third-order valence-corrected chi connectivity index (χ3v) is 3.52. The molecule has 0 saturated carbocycles. The topological polar surface area (TPSA) is 76.0 Å². The minimum absolute atomic E-state index is 0.0499. The number of fused-ring (bicyclic) bond motifs is 2. The molecule has 1 aromatic rings. The molecule has 3 rings (SSSR count). The van der Waals surface area contributed by atoms with Crippen LogP contribution in [0, 0.1) is 0 Å². The van der Waals surface area contributed by atoms with Gasteiger partial charge in [0.1, 0.15) is 17.6 Å². The van der Waals surface area contributed by atoms with Gasteiger partial charge in [0.05, 0.1) is 7.11 Å². The van der Waals surface area contributed by atoms with Crippen LogP contribution in [0.15, 0.2) is 48.3 Å². The van der Waals surface area contributed by atoms with E-state index in [1.54, 1.807) is 31.4 Å². The van der Waals surface area contributed by atoms with Gasteiger partial charge in [-0.3, -0.25) is 0 Å². The maximum atomic E-state index is 11.1. The highest BCUT2D eigenvalue weighted by Crippen LogP contribution is 2.27. The van der Waals surface area contributed by atoms with Gasteiger partial charge in [-0.1, -0.05) is 30.3 Å². The summed E-state index contributed by atoms with van der Waals surface area (Å²) in [5.41, 5.74) is 0.830. The zero-order chi connectivity index (χ0) is 15.0. The number of methoxy groups -OCH3 is 1. The lowest BCUT2D eigenvalue weighted by Crippen LogP contribution is -2.43. The molecule has 0 aromatic heterocycles. The first-order valence-electron chi connectivity index (χ1n) is 6.47. The van der Waals surface area contributed by atoms with Gasteiger partial charge in [-0.15, -0.1) is 0 Å². The third kappa shape index (κ3) is 2.11. The molecule has 0 bridgehead atoms. The van der Waals surface area contributed by atoms with Crippen molar-refractivity contribution < 1.29 is 24.5 Å². The molecule has 0 radical (unpaired) electrons. The summed E-state index contributed by atoms with van der Waals surface area (Å²) in [6, 6.07) is 7.21. The van der Waals surface area contributed by atoms with Crippen LogP contribution in [0.5, 0.6) is 0 Å². The summed E-state index contributed by atoms with van der Waals surface area (Å²) < 4.78 is 11.1. The Kier molecular flexibility index (Phi) is 3.27. The molecular weight excluding hydrogens is 272 g/mol. The van der Waals surface area contributed by atoms with Crippen molar-refractivity contribution in [1.29, 1.82) is 0 Å². The highest BCUT2D eigenvalue weighted by atomic mass is 16.5. The molecular formula is C16H14O5. The number of benzene rings is 1. The Morgan fingerprint density at radius 2 is 2.05 bits per heavy atom. The van der Waals surface area contributed by atoms with Gasteiger partial charge in [0, 0.05) is 10.8 Å². The maximum Gasteiger partial charge on any atom is 0.340 e. The van der Waals surface area contributed by atoms with Gasteiger partial charge < -0.3 is 19.7 Å². The average molecular weight is 286 g/mol. The fourth-order valence-corrected chi connectivity index (χ4v) is 2.59. The highest BCUT2D eigenvalue weighted by Gasteiger charge is 2.31. The van der Waals surface area contributed by atoms with Crippen LogP contribution in [0.2, 0.25) is 0 Å².